The van der Waals surface area contributed by atoms with Crippen molar-refractivity contribution in [2.45, 2.75) is 26.8 Å². The fraction of sp³-hybridized carbons (Fsp3) is 0.370. The molecule has 2 amide bonds. The highest BCUT2D eigenvalue weighted by atomic mass is 16.5. The first-order valence-corrected chi connectivity index (χ1v) is 12.1. The van der Waals surface area contributed by atoms with Gasteiger partial charge < -0.3 is 30.1 Å². The number of likely N-dealkylation sites (tertiary alicyclic amines) is 1. The first kappa shape index (κ1) is 26.7. The van der Waals surface area contributed by atoms with Gasteiger partial charge in [0, 0.05) is 18.7 Å². The Hall–Kier alpha value is -3.85. The normalized spacial score (nSPS) is 17.0. The molecule has 1 saturated heterocycles. The predicted molar refractivity (Wildman–Crippen MR) is 136 cm³/mol. The van der Waals surface area contributed by atoms with Crippen LogP contribution in [0, 0.1) is 0 Å². The number of ketones is 1. The molecule has 0 spiro atoms. The Morgan fingerprint density at radius 2 is 1.56 bits per heavy atom. The van der Waals surface area contributed by atoms with E-state index in [0.29, 0.717) is 42.3 Å². The van der Waals surface area contributed by atoms with E-state index >= 15 is 0 Å². The van der Waals surface area contributed by atoms with Gasteiger partial charge in [0.15, 0.2) is 6.61 Å². The summed E-state index contributed by atoms with van der Waals surface area (Å²) < 4.78 is 10.8. The van der Waals surface area contributed by atoms with E-state index in [2.05, 4.69) is 4.90 Å². The van der Waals surface area contributed by atoms with Gasteiger partial charge in [0.1, 0.15) is 17.3 Å². The van der Waals surface area contributed by atoms with Gasteiger partial charge in [0.25, 0.3) is 17.6 Å². The summed E-state index contributed by atoms with van der Waals surface area (Å²) in [7, 11) is 0. The standard InChI is InChI=1S/C27H33N3O6/c1-4-29(5-2)15-16-30-24(18-7-11-21(12-8-18)36-17-22(28)31)23(26(33)27(30)34)25(32)19-9-13-20(14-10-19)35-6-3/h7-14,24,32H,4-6,15-17H2,1-3H3,(H2,28,31)/b25-23+. The minimum absolute atomic E-state index is 0.0227. The summed E-state index contributed by atoms with van der Waals surface area (Å²) in [4.78, 5) is 41.0. The zero-order chi connectivity index (χ0) is 26.2. The molecular formula is C27H33N3O6. The Bertz CT molecular complexity index is 1110. The molecule has 1 aliphatic heterocycles. The third kappa shape index (κ3) is 6.04. The van der Waals surface area contributed by atoms with E-state index in [0.717, 1.165) is 13.1 Å². The van der Waals surface area contributed by atoms with Crippen LogP contribution in [0.15, 0.2) is 54.1 Å². The molecule has 0 aromatic heterocycles. The van der Waals surface area contributed by atoms with Crippen LogP contribution in [0.25, 0.3) is 5.76 Å². The van der Waals surface area contributed by atoms with Crippen molar-refractivity contribution >= 4 is 23.4 Å². The number of hydrogen-bond acceptors (Lipinski definition) is 7. The average Bonchev–Trinajstić information content (AvgIpc) is 3.13. The second kappa shape index (κ2) is 12.2. The van der Waals surface area contributed by atoms with Gasteiger partial charge in [-0.15, -0.1) is 0 Å². The number of carbonyl (C=O) groups is 3. The summed E-state index contributed by atoms with van der Waals surface area (Å²) in [5.41, 5.74) is 6.20. The van der Waals surface area contributed by atoms with Gasteiger partial charge in [-0.05, 0) is 62.0 Å². The summed E-state index contributed by atoms with van der Waals surface area (Å²) in [5, 5.41) is 11.2. The molecule has 2 aromatic carbocycles. The van der Waals surface area contributed by atoms with Crippen molar-refractivity contribution in [1.29, 1.82) is 0 Å². The zero-order valence-corrected chi connectivity index (χ0v) is 20.9. The maximum atomic E-state index is 13.2. The maximum absolute atomic E-state index is 13.2. The number of aliphatic hydroxyl groups is 1. The Labute approximate surface area is 211 Å². The molecule has 0 radical (unpaired) electrons. The van der Waals surface area contributed by atoms with E-state index in [9.17, 15) is 19.5 Å². The SMILES string of the molecule is CCOc1ccc(/C(O)=C2\C(=O)C(=O)N(CCN(CC)CC)C2c2ccc(OCC(N)=O)cc2)cc1. The molecule has 1 fully saturated rings. The number of primary amides is 1. The van der Waals surface area contributed by atoms with Gasteiger partial charge in [-0.1, -0.05) is 26.0 Å². The number of hydrogen-bond donors (Lipinski definition) is 2. The zero-order valence-electron chi connectivity index (χ0n) is 20.9. The molecule has 0 bridgehead atoms. The lowest BCUT2D eigenvalue weighted by molar-refractivity contribution is -0.140. The number of carbonyl (C=O) groups excluding carboxylic acids is 3. The second-order valence-corrected chi connectivity index (χ2v) is 8.30. The molecule has 9 nitrogen and oxygen atoms in total. The smallest absolute Gasteiger partial charge is 0.295 e. The monoisotopic (exact) mass is 495 g/mol. The number of rotatable bonds is 12. The number of nitrogens with two attached hydrogens (primary N) is 1. The number of amides is 2. The van der Waals surface area contributed by atoms with Crippen molar-refractivity contribution < 1.29 is 29.0 Å². The molecule has 2 aromatic rings. The lowest BCUT2D eigenvalue weighted by Gasteiger charge is -2.28. The number of Topliss-reactive ketones (excluding diaryl/α,β-unsaturated/α-hetero) is 1. The first-order chi connectivity index (χ1) is 17.3. The summed E-state index contributed by atoms with van der Waals surface area (Å²) in [5.74, 6) is -1.19. The Kier molecular flexibility index (Phi) is 9.08. The van der Waals surface area contributed by atoms with Crippen LogP contribution in [0.5, 0.6) is 11.5 Å². The summed E-state index contributed by atoms with van der Waals surface area (Å²) in [6.45, 7) is 8.69. The van der Waals surface area contributed by atoms with Gasteiger partial charge >= 0.3 is 0 Å². The average molecular weight is 496 g/mol. The van der Waals surface area contributed by atoms with E-state index in [4.69, 9.17) is 15.2 Å². The van der Waals surface area contributed by atoms with Gasteiger partial charge in [-0.2, -0.15) is 0 Å². The van der Waals surface area contributed by atoms with Crippen LogP contribution in [-0.4, -0.2) is 71.9 Å². The largest absolute Gasteiger partial charge is 0.507 e. The molecular weight excluding hydrogens is 462 g/mol. The van der Waals surface area contributed by atoms with Gasteiger partial charge in [-0.25, -0.2) is 0 Å². The van der Waals surface area contributed by atoms with Crippen molar-refractivity contribution in [3.05, 3.63) is 65.2 Å². The summed E-state index contributed by atoms with van der Waals surface area (Å²) in [6.07, 6.45) is 0. The van der Waals surface area contributed by atoms with Crippen molar-refractivity contribution in [2.24, 2.45) is 5.73 Å². The van der Waals surface area contributed by atoms with E-state index in [-0.39, 0.29) is 17.9 Å². The van der Waals surface area contributed by atoms with Crippen LogP contribution in [0.3, 0.4) is 0 Å². The highest BCUT2D eigenvalue weighted by Gasteiger charge is 2.46. The summed E-state index contributed by atoms with van der Waals surface area (Å²) in [6, 6.07) is 12.6. The number of likely N-dealkylation sites (N-methyl/N-ethyl adjacent to an activating group) is 1. The maximum Gasteiger partial charge on any atom is 0.295 e. The van der Waals surface area contributed by atoms with Gasteiger partial charge in [0.05, 0.1) is 18.2 Å². The Morgan fingerprint density at radius 1 is 0.972 bits per heavy atom. The van der Waals surface area contributed by atoms with Crippen LogP contribution >= 0.6 is 0 Å². The van der Waals surface area contributed by atoms with Crippen LogP contribution in [-0.2, 0) is 14.4 Å². The molecule has 0 aliphatic carbocycles. The van der Waals surface area contributed by atoms with E-state index < -0.39 is 23.6 Å². The Balaban J connectivity index is 2.02. The molecule has 1 heterocycles. The predicted octanol–water partition coefficient (Wildman–Crippen LogP) is 2.71. The fourth-order valence-electron chi connectivity index (χ4n) is 4.18. The highest BCUT2D eigenvalue weighted by molar-refractivity contribution is 6.46. The molecule has 1 atom stereocenters. The summed E-state index contributed by atoms with van der Waals surface area (Å²) >= 11 is 0. The first-order valence-electron chi connectivity index (χ1n) is 12.1. The number of ether oxygens (including phenoxy) is 2. The lowest BCUT2D eigenvalue weighted by atomic mass is 9.95. The number of aliphatic hydroxyl groups excluding tert-OH is 1. The quantitative estimate of drug-likeness (QED) is 0.264. The van der Waals surface area contributed by atoms with Crippen molar-refractivity contribution in [1.82, 2.24) is 9.80 Å². The molecule has 36 heavy (non-hydrogen) atoms. The van der Waals surface area contributed by atoms with Crippen LogP contribution in [0.4, 0.5) is 0 Å². The Morgan fingerprint density at radius 3 is 2.11 bits per heavy atom. The molecule has 1 aliphatic rings. The molecule has 3 N–H and O–H groups in total. The van der Waals surface area contributed by atoms with Crippen molar-refractivity contribution in [3.63, 3.8) is 0 Å². The van der Waals surface area contributed by atoms with Crippen LogP contribution in [0.1, 0.15) is 37.9 Å². The molecule has 0 saturated carbocycles. The van der Waals surface area contributed by atoms with Crippen molar-refractivity contribution in [3.8, 4) is 11.5 Å². The third-order valence-electron chi connectivity index (χ3n) is 6.11. The third-order valence-corrected chi connectivity index (χ3v) is 6.11. The van der Waals surface area contributed by atoms with E-state index in [1.54, 1.807) is 48.5 Å². The molecule has 9 heteroatoms. The van der Waals surface area contributed by atoms with Gasteiger partial charge in [-0.3, -0.25) is 14.4 Å². The van der Waals surface area contributed by atoms with Gasteiger partial charge in [0.2, 0.25) is 0 Å². The van der Waals surface area contributed by atoms with Crippen molar-refractivity contribution in [2.75, 3.05) is 39.4 Å². The number of benzene rings is 2. The van der Waals surface area contributed by atoms with Crippen LogP contribution in [0.2, 0.25) is 0 Å². The second-order valence-electron chi connectivity index (χ2n) is 8.30. The highest BCUT2D eigenvalue weighted by Crippen LogP contribution is 2.39. The molecule has 3 rings (SSSR count). The fourth-order valence-corrected chi connectivity index (χ4v) is 4.18. The van der Waals surface area contributed by atoms with E-state index in [1.165, 1.54) is 4.90 Å². The molecule has 192 valence electrons. The lowest BCUT2D eigenvalue weighted by Crippen LogP contribution is -2.38. The number of nitrogens with zero attached hydrogens (tertiary/aromatic N) is 2. The minimum Gasteiger partial charge on any atom is -0.507 e. The topological polar surface area (TPSA) is 122 Å². The van der Waals surface area contributed by atoms with E-state index in [1.807, 2.05) is 20.8 Å². The minimum atomic E-state index is -0.780. The van der Waals surface area contributed by atoms with Crippen LogP contribution < -0.4 is 15.2 Å². The molecule has 1 unspecified atom stereocenters.